The molecule has 146 valence electrons. The summed E-state index contributed by atoms with van der Waals surface area (Å²) in [6, 6.07) is 10.3. The van der Waals surface area contributed by atoms with Crippen molar-refractivity contribution >= 4 is 0 Å². The van der Waals surface area contributed by atoms with Gasteiger partial charge in [-0.3, -0.25) is 0 Å². The molecule has 3 fully saturated rings. The lowest BCUT2D eigenvalue weighted by Crippen LogP contribution is -2.63. The van der Waals surface area contributed by atoms with Crippen LogP contribution in [0.4, 0.5) is 0 Å². The van der Waals surface area contributed by atoms with E-state index in [1.807, 2.05) is 32.0 Å². The Morgan fingerprint density at radius 2 is 1.81 bits per heavy atom. The Kier molecular flexibility index (Phi) is 4.61. The maximum atomic E-state index is 6.53. The molecule has 1 aliphatic carbocycles. The Hall–Kier alpha value is -1.24. The molecule has 3 saturated heterocycles. The third-order valence-electron chi connectivity index (χ3n) is 6.22. The Morgan fingerprint density at radius 1 is 1.04 bits per heavy atom. The first kappa shape index (κ1) is 17.8. The van der Waals surface area contributed by atoms with Gasteiger partial charge in [0.05, 0.1) is 25.4 Å². The summed E-state index contributed by atoms with van der Waals surface area (Å²) < 4.78 is 31.3. The first-order valence-corrected chi connectivity index (χ1v) is 10.0. The number of fused-ring (bicyclic) bond motifs is 4. The lowest BCUT2D eigenvalue weighted by molar-refractivity contribution is -0.373. The highest BCUT2D eigenvalue weighted by Crippen LogP contribution is 2.48. The van der Waals surface area contributed by atoms with Crippen molar-refractivity contribution in [1.82, 2.24) is 0 Å². The maximum absolute atomic E-state index is 6.53. The van der Waals surface area contributed by atoms with Crippen molar-refractivity contribution in [2.75, 3.05) is 6.61 Å². The van der Waals surface area contributed by atoms with Crippen molar-refractivity contribution in [1.29, 1.82) is 0 Å². The second-order valence-electron chi connectivity index (χ2n) is 8.46. The molecule has 7 atom stereocenters. The molecule has 5 nitrogen and oxygen atoms in total. The molecular weight excluding hydrogens is 344 g/mol. The minimum absolute atomic E-state index is 0.0707. The molecular formula is C22H28O5. The third kappa shape index (κ3) is 3.36. The highest BCUT2D eigenvalue weighted by Gasteiger charge is 2.59. The van der Waals surface area contributed by atoms with Crippen molar-refractivity contribution in [3.8, 4) is 0 Å². The second-order valence-corrected chi connectivity index (χ2v) is 8.46. The number of ether oxygens (including phenoxy) is 5. The molecule has 0 spiro atoms. The van der Waals surface area contributed by atoms with E-state index in [9.17, 15) is 0 Å². The average Bonchev–Trinajstić information content (AvgIpc) is 3.04. The number of rotatable bonds is 3. The van der Waals surface area contributed by atoms with Gasteiger partial charge in [-0.15, -0.1) is 0 Å². The van der Waals surface area contributed by atoms with E-state index in [0.29, 0.717) is 19.1 Å². The van der Waals surface area contributed by atoms with Gasteiger partial charge in [-0.2, -0.15) is 0 Å². The zero-order chi connectivity index (χ0) is 18.4. The van der Waals surface area contributed by atoms with E-state index in [2.05, 4.69) is 24.3 Å². The monoisotopic (exact) mass is 372 g/mol. The first-order chi connectivity index (χ1) is 13.1. The summed E-state index contributed by atoms with van der Waals surface area (Å²) in [6.07, 6.45) is 6.04. The number of allylic oxidation sites excluding steroid dienone is 1. The van der Waals surface area contributed by atoms with Crippen molar-refractivity contribution in [3.05, 3.63) is 48.0 Å². The quantitative estimate of drug-likeness (QED) is 0.761. The summed E-state index contributed by atoms with van der Waals surface area (Å²) in [5.41, 5.74) is 1.17. The van der Waals surface area contributed by atoms with Crippen LogP contribution in [0.5, 0.6) is 0 Å². The molecule has 1 aromatic rings. The molecule has 0 amide bonds. The van der Waals surface area contributed by atoms with Gasteiger partial charge >= 0.3 is 0 Å². The Labute approximate surface area is 160 Å². The predicted octanol–water partition coefficient (Wildman–Crippen LogP) is 3.43. The summed E-state index contributed by atoms with van der Waals surface area (Å²) in [5, 5.41) is 0. The van der Waals surface area contributed by atoms with E-state index in [0.717, 1.165) is 12.8 Å². The molecule has 0 bridgehead atoms. The van der Waals surface area contributed by atoms with E-state index >= 15 is 0 Å². The van der Waals surface area contributed by atoms with Crippen molar-refractivity contribution in [2.45, 2.75) is 69.8 Å². The lowest BCUT2D eigenvalue weighted by atomic mass is 9.76. The topological polar surface area (TPSA) is 46.2 Å². The summed E-state index contributed by atoms with van der Waals surface area (Å²) >= 11 is 0. The van der Waals surface area contributed by atoms with E-state index in [1.54, 1.807) is 0 Å². The van der Waals surface area contributed by atoms with Gasteiger partial charge in [0, 0.05) is 5.92 Å². The molecule has 5 rings (SSSR count). The minimum atomic E-state index is -0.628. The van der Waals surface area contributed by atoms with Crippen LogP contribution in [0.2, 0.25) is 0 Å². The van der Waals surface area contributed by atoms with Crippen LogP contribution >= 0.6 is 0 Å². The van der Waals surface area contributed by atoms with E-state index in [4.69, 9.17) is 23.7 Å². The number of benzene rings is 1. The zero-order valence-corrected chi connectivity index (χ0v) is 16.0. The average molecular weight is 372 g/mol. The van der Waals surface area contributed by atoms with E-state index in [-0.39, 0.29) is 36.6 Å². The SMILES string of the molecule is CC1(C)OC[C@H]2O[C@@H]3O[C@H]4CC=CC[C@@H]4[C@@H]3[C@@H](OCc3ccccc3)[C@@H]2O1. The summed E-state index contributed by atoms with van der Waals surface area (Å²) in [4.78, 5) is 0. The summed E-state index contributed by atoms with van der Waals surface area (Å²) in [6.45, 7) is 4.99. The molecule has 3 heterocycles. The van der Waals surface area contributed by atoms with Crippen LogP contribution < -0.4 is 0 Å². The van der Waals surface area contributed by atoms with Crippen LogP contribution in [-0.4, -0.2) is 43.1 Å². The zero-order valence-electron chi connectivity index (χ0n) is 16.0. The van der Waals surface area contributed by atoms with Gasteiger partial charge in [0.2, 0.25) is 0 Å². The lowest BCUT2D eigenvalue weighted by Gasteiger charge is -2.50. The van der Waals surface area contributed by atoms with Crippen LogP contribution in [0, 0.1) is 11.8 Å². The third-order valence-corrected chi connectivity index (χ3v) is 6.22. The molecule has 0 N–H and O–H groups in total. The highest BCUT2D eigenvalue weighted by molar-refractivity contribution is 5.14. The fraction of sp³-hybridized carbons (Fsp3) is 0.636. The fourth-order valence-electron chi connectivity index (χ4n) is 4.93. The standard InChI is InChI=1S/C22H28O5/c1-22(2)24-13-17-19(27-22)20(23-12-14-8-4-3-5-9-14)18-15-10-6-7-11-16(15)25-21(18)26-17/h3-9,15-21H,10-13H2,1-2H3/t15-,16-,17+,18+,19+,20+,21-/m0/s1. The highest BCUT2D eigenvalue weighted by atomic mass is 16.8. The van der Waals surface area contributed by atoms with E-state index in [1.165, 1.54) is 5.56 Å². The number of hydrogen-bond acceptors (Lipinski definition) is 5. The largest absolute Gasteiger partial charge is 0.370 e. The normalized spacial score (nSPS) is 42.2. The molecule has 0 unspecified atom stereocenters. The maximum Gasteiger partial charge on any atom is 0.164 e. The van der Waals surface area contributed by atoms with Crippen molar-refractivity contribution < 1.29 is 23.7 Å². The summed E-state index contributed by atoms with van der Waals surface area (Å²) in [5.74, 6) is -0.0352. The van der Waals surface area contributed by atoms with Crippen molar-refractivity contribution in [3.63, 3.8) is 0 Å². The first-order valence-electron chi connectivity index (χ1n) is 10.0. The van der Waals surface area contributed by atoms with Gasteiger partial charge in [0.1, 0.15) is 12.2 Å². The van der Waals surface area contributed by atoms with Crippen LogP contribution in [0.15, 0.2) is 42.5 Å². The Bertz CT molecular complexity index is 687. The number of hydrogen-bond donors (Lipinski definition) is 0. The van der Waals surface area contributed by atoms with Gasteiger partial charge < -0.3 is 23.7 Å². The molecule has 0 saturated carbocycles. The van der Waals surface area contributed by atoms with E-state index < -0.39 is 5.79 Å². The molecule has 0 aromatic heterocycles. The van der Waals surface area contributed by atoms with Gasteiger partial charge in [0.25, 0.3) is 0 Å². The molecule has 0 radical (unpaired) electrons. The molecule has 1 aromatic carbocycles. The Balaban J connectivity index is 1.42. The predicted molar refractivity (Wildman–Crippen MR) is 98.8 cm³/mol. The molecule has 3 aliphatic heterocycles. The molecule has 4 aliphatic rings. The van der Waals surface area contributed by atoms with Gasteiger partial charge in [-0.1, -0.05) is 42.5 Å². The van der Waals surface area contributed by atoms with Gasteiger partial charge in [0.15, 0.2) is 12.1 Å². The molecule has 27 heavy (non-hydrogen) atoms. The van der Waals surface area contributed by atoms with Crippen LogP contribution in [0.1, 0.15) is 32.3 Å². The minimum Gasteiger partial charge on any atom is -0.370 e. The van der Waals surface area contributed by atoms with Gasteiger partial charge in [-0.25, -0.2) is 0 Å². The van der Waals surface area contributed by atoms with Gasteiger partial charge in [-0.05, 0) is 38.2 Å². The van der Waals surface area contributed by atoms with Crippen LogP contribution in [0.3, 0.4) is 0 Å². The smallest absolute Gasteiger partial charge is 0.164 e. The fourth-order valence-corrected chi connectivity index (χ4v) is 4.93. The molecule has 5 heteroatoms. The van der Waals surface area contributed by atoms with Crippen LogP contribution in [-0.2, 0) is 30.3 Å². The Morgan fingerprint density at radius 3 is 2.67 bits per heavy atom. The van der Waals surface area contributed by atoms with Crippen LogP contribution in [0.25, 0.3) is 0 Å². The summed E-state index contributed by atoms with van der Waals surface area (Å²) in [7, 11) is 0. The van der Waals surface area contributed by atoms with Crippen molar-refractivity contribution in [2.24, 2.45) is 11.8 Å². The second kappa shape index (κ2) is 6.98.